The van der Waals surface area contributed by atoms with E-state index < -0.39 is 5.97 Å². The monoisotopic (exact) mass is 511 g/mol. The fraction of sp³-hybridized carbons (Fsp3) is 0.517. The Bertz CT molecular complexity index is 1040. The highest BCUT2D eigenvalue weighted by Gasteiger charge is 2.36. The normalized spacial score (nSPS) is 22.6. The number of fused-ring (bicyclic) bond motifs is 1. The number of aliphatic carboxylic acids is 1. The number of halogens is 1. The molecule has 5 rings (SSSR count). The summed E-state index contributed by atoms with van der Waals surface area (Å²) in [6.07, 6.45) is 7.13. The van der Waals surface area contributed by atoms with Gasteiger partial charge >= 0.3 is 12.0 Å². The lowest BCUT2D eigenvalue weighted by molar-refractivity contribution is -0.137. The van der Waals surface area contributed by atoms with Crippen LogP contribution in [0.4, 0.5) is 10.5 Å². The molecule has 0 aromatic heterocycles. The SMILES string of the molecule is Cl.O=C(O)CC[C@H]1CC[C@H](N2CCN(c3ccc4c(c3)CCN(Cc3ccccc3)CC4)C2=O)CC1. The van der Waals surface area contributed by atoms with E-state index in [1.54, 1.807) is 0 Å². The molecule has 1 aliphatic carbocycles. The van der Waals surface area contributed by atoms with E-state index in [9.17, 15) is 9.59 Å². The molecule has 0 spiro atoms. The number of hydrogen-bond acceptors (Lipinski definition) is 3. The first-order valence-corrected chi connectivity index (χ1v) is 13.2. The van der Waals surface area contributed by atoms with Gasteiger partial charge in [0.1, 0.15) is 0 Å². The fourth-order valence-electron chi connectivity index (χ4n) is 6.13. The number of carboxylic acid groups (broad SMARTS) is 1. The van der Waals surface area contributed by atoms with E-state index in [-0.39, 0.29) is 24.9 Å². The van der Waals surface area contributed by atoms with Crippen molar-refractivity contribution in [3.8, 4) is 0 Å². The molecule has 7 heteroatoms. The Morgan fingerprint density at radius 3 is 2.33 bits per heavy atom. The van der Waals surface area contributed by atoms with Crippen molar-refractivity contribution in [3.63, 3.8) is 0 Å². The van der Waals surface area contributed by atoms with Gasteiger partial charge < -0.3 is 10.0 Å². The number of amides is 2. The number of rotatable bonds is 7. The number of anilines is 1. The topological polar surface area (TPSA) is 64.1 Å². The molecular formula is C29H38ClN3O3. The zero-order valence-corrected chi connectivity index (χ0v) is 21.8. The lowest BCUT2D eigenvalue weighted by Gasteiger charge is -2.34. The van der Waals surface area contributed by atoms with Crippen molar-refractivity contribution in [3.05, 3.63) is 65.2 Å². The van der Waals surface area contributed by atoms with Gasteiger partial charge in [0.2, 0.25) is 0 Å². The number of benzene rings is 2. The van der Waals surface area contributed by atoms with E-state index in [0.29, 0.717) is 12.0 Å². The molecule has 0 bridgehead atoms. The van der Waals surface area contributed by atoms with Gasteiger partial charge in [0, 0.05) is 50.9 Å². The third-order valence-corrected chi connectivity index (χ3v) is 8.21. The van der Waals surface area contributed by atoms with Gasteiger partial charge in [-0.25, -0.2) is 4.79 Å². The van der Waals surface area contributed by atoms with Gasteiger partial charge in [-0.15, -0.1) is 12.4 Å². The molecule has 2 amide bonds. The third kappa shape index (κ3) is 6.22. The summed E-state index contributed by atoms with van der Waals surface area (Å²) in [7, 11) is 0. The molecule has 0 atom stereocenters. The molecule has 2 aromatic rings. The van der Waals surface area contributed by atoms with Gasteiger partial charge in [-0.05, 0) is 79.7 Å². The van der Waals surface area contributed by atoms with Crippen molar-refractivity contribution in [2.45, 2.75) is 64.0 Å². The van der Waals surface area contributed by atoms with Crippen LogP contribution in [-0.2, 0) is 24.2 Å². The first-order chi connectivity index (χ1) is 17.1. The van der Waals surface area contributed by atoms with E-state index in [2.05, 4.69) is 58.3 Å². The summed E-state index contributed by atoms with van der Waals surface area (Å²) < 4.78 is 0. The Balaban J connectivity index is 0.00000304. The fourth-order valence-corrected chi connectivity index (χ4v) is 6.13. The summed E-state index contributed by atoms with van der Waals surface area (Å²) in [6.45, 7) is 4.62. The number of carbonyl (C=O) groups is 2. The van der Waals surface area contributed by atoms with Gasteiger partial charge in [-0.2, -0.15) is 0 Å². The van der Waals surface area contributed by atoms with Crippen LogP contribution in [0.25, 0.3) is 0 Å². The average Bonchev–Trinajstić information content (AvgIpc) is 3.14. The molecule has 6 nitrogen and oxygen atoms in total. The number of nitrogens with zero attached hydrogens (tertiary/aromatic N) is 3. The van der Waals surface area contributed by atoms with Crippen molar-refractivity contribution in [2.75, 3.05) is 31.1 Å². The van der Waals surface area contributed by atoms with Crippen molar-refractivity contribution in [1.29, 1.82) is 0 Å². The predicted molar refractivity (Wildman–Crippen MR) is 145 cm³/mol. The van der Waals surface area contributed by atoms with Gasteiger partial charge in [-0.3, -0.25) is 14.6 Å². The number of urea groups is 1. The first kappa shape index (κ1) is 26.5. The molecule has 2 fully saturated rings. The van der Waals surface area contributed by atoms with Gasteiger partial charge in [-0.1, -0.05) is 36.4 Å². The Morgan fingerprint density at radius 1 is 0.889 bits per heavy atom. The van der Waals surface area contributed by atoms with Crippen LogP contribution in [0.1, 0.15) is 55.2 Å². The molecule has 1 saturated carbocycles. The Hall–Kier alpha value is -2.57. The second-order valence-corrected chi connectivity index (χ2v) is 10.4. The summed E-state index contributed by atoms with van der Waals surface area (Å²) in [5.74, 6) is -0.218. The minimum atomic E-state index is -0.706. The quantitative estimate of drug-likeness (QED) is 0.542. The maximum atomic E-state index is 13.4. The van der Waals surface area contributed by atoms with E-state index in [0.717, 1.165) is 83.4 Å². The Morgan fingerprint density at radius 2 is 1.61 bits per heavy atom. The molecule has 36 heavy (non-hydrogen) atoms. The molecule has 194 valence electrons. The van der Waals surface area contributed by atoms with Crippen LogP contribution in [-0.4, -0.2) is 59.1 Å². The Kier molecular flexibility index (Phi) is 8.91. The highest BCUT2D eigenvalue weighted by atomic mass is 35.5. The second-order valence-electron chi connectivity index (χ2n) is 10.4. The van der Waals surface area contributed by atoms with Crippen LogP contribution in [0.5, 0.6) is 0 Å². The predicted octanol–water partition coefficient (Wildman–Crippen LogP) is 5.37. The minimum absolute atomic E-state index is 0. The van der Waals surface area contributed by atoms with Gasteiger partial charge in [0.25, 0.3) is 0 Å². The molecule has 1 N–H and O–H groups in total. The van der Waals surface area contributed by atoms with Crippen molar-refractivity contribution in [2.24, 2.45) is 5.92 Å². The van der Waals surface area contributed by atoms with Crippen LogP contribution in [0, 0.1) is 5.92 Å². The largest absolute Gasteiger partial charge is 0.481 e. The lowest BCUT2D eigenvalue weighted by Crippen LogP contribution is -2.41. The van der Waals surface area contributed by atoms with Gasteiger partial charge in [0.05, 0.1) is 0 Å². The zero-order valence-electron chi connectivity index (χ0n) is 21.0. The standard InChI is InChI=1S/C29H37N3O3.ClH/c33-28(34)13-8-22-6-10-26(11-7-22)31-18-19-32(29(31)35)27-12-9-24-14-16-30(17-15-25(24)20-27)21-23-4-2-1-3-5-23;/h1-5,9,12,20,22,26H,6-8,10-11,13-19,21H2,(H,33,34);1H/t22-,26-;. The van der Waals surface area contributed by atoms with Crippen LogP contribution in [0.15, 0.2) is 48.5 Å². The first-order valence-electron chi connectivity index (χ1n) is 13.2. The number of hydrogen-bond donors (Lipinski definition) is 1. The number of carbonyl (C=O) groups excluding carboxylic acids is 1. The maximum Gasteiger partial charge on any atom is 0.324 e. The van der Waals surface area contributed by atoms with E-state index in [1.165, 1.54) is 16.7 Å². The van der Waals surface area contributed by atoms with Crippen molar-refractivity contribution >= 4 is 30.1 Å². The molecule has 0 unspecified atom stereocenters. The second kappa shape index (κ2) is 12.1. The van der Waals surface area contributed by atoms with Crippen LogP contribution in [0.2, 0.25) is 0 Å². The van der Waals surface area contributed by atoms with E-state index in [1.807, 2.05) is 4.90 Å². The summed E-state index contributed by atoms with van der Waals surface area (Å²) in [6, 6.07) is 17.7. The highest BCUT2D eigenvalue weighted by molar-refractivity contribution is 5.94. The van der Waals surface area contributed by atoms with E-state index >= 15 is 0 Å². The Labute approximate surface area is 220 Å². The molecule has 3 aliphatic rings. The minimum Gasteiger partial charge on any atom is -0.481 e. The van der Waals surface area contributed by atoms with Crippen molar-refractivity contribution < 1.29 is 14.7 Å². The zero-order chi connectivity index (χ0) is 24.2. The highest BCUT2D eigenvalue weighted by Crippen LogP contribution is 2.33. The lowest BCUT2D eigenvalue weighted by atomic mass is 9.83. The number of carboxylic acids is 1. The summed E-state index contributed by atoms with van der Waals surface area (Å²) in [4.78, 5) is 30.8. The average molecular weight is 512 g/mol. The van der Waals surface area contributed by atoms with Crippen LogP contribution >= 0.6 is 12.4 Å². The molecule has 2 heterocycles. The van der Waals surface area contributed by atoms with Crippen LogP contribution < -0.4 is 4.90 Å². The van der Waals surface area contributed by atoms with Crippen molar-refractivity contribution in [1.82, 2.24) is 9.80 Å². The van der Waals surface area contributed by atoms with E-state index in [4.69, 9.17) is 5.11 Å². The molecule has 2 aromatic carbocycles. The van der Waals surface area contributed by atoms with Crippen LogP contribution in [0.3, 0.4) is 0 Å². The van der Waals surface area contributed by atoms with Gasteiger partial charge in [0.15, 0.2) is 0 Å². The smallest absolute Gasteiger partial charge is 0.324 e. The maximum absolute atomic E-state index is 13.4. The summed E-state index contributed by atoms with van der Waals surface area (Å²) >= 11 is 0. The molecule has 2 aliphatic heterocycles. The molecule has 0 radical (unpaired) electrons. The molecular weight excluding hydrogens is 474 g/mol. The summed E-state index contributed by atoms with van der Waals surface area (Å²) in [5, 5.41) is 8.94. The summed E-state index contributed by atoms with van der Waals surface area (Å²) in [5.41, 5.74) is 5.18. The molecule has 1 saturated heterocycles. The third-order valence-electron chi connectivity index (χ3n) is 8.21.